The number of hydrogen-bond donors (Lipinski definition) is 1. The fourth-order valence-electron chi connectivity index (χ4n) is 0.913. The Balaban J connectivity index is 0.000000555. The predicted octanol–water partition coefficient (Wildman–Crippen LogP) is 2.61. The van der Waals surface area contributed by atoms with Crippen molar-refractivity contribution in [2.75, 3.05) is 11.9 Å². The molecule has 0 fully saturated rings. The molecule has 0 aliphatic carbocycles. The van der Waals surface area contributed by atoms with Gasteiger partial charge in [-0.2, -0.15) is 0 Å². The van der Waals surface area contributed by atoms with E-state index in [2.05, 4.69) is 15.0 Å². The standard InChI is InChI=1S/C10H14N2O2.C3H6O2/c1-10(2,3)14-9(13)12-8-6-4-5-7-11-8;1-2-5-3-4/h4-7H,1-3H3,(H,11,12,13);3H,2H2,1H3. The molecule has 0 radical (unpaired) electrons. The normalized spacial score (nSPS) is 9.68. The quantitative estimate of drug-likeness (QED) is 0.852. The number of carbonyl (C=O) groups excluding carboxylic acids is 2. The van der Waals surface area contributed by atoms with E-state index in [-0.39, 0.29) is 0 Å². The first-order valence-electron chi connectivity index (χ1n) is 5.85. The maximum atomic E-state index is 11.3. The number of ether oxygens (including phenoxy) is 2. The van der Waals surface area contributed by atoms with Gasteiger partial charge in [0.25, 0.3) is 6.47 Å². The van der Waals surface area contributed by atoms with E-state index in [1.165, 1.54) is 0 Å². The van der Waals surface area contributed by atoms with Crippen molar-refractivity contribution in [3.8, 4) is 0 Å². The summed E-state index contributed by atoms with van der Waals surface area (Å²) in [6.07, 6.45) is 1.11. The zero-order valence-electron chi connectivity index (χ0n) is 11.7. The Kier molecular flexibility index (Phi) is 7.92. The number of nitrogens with one attached hydrogen (secondary N) is 1. The fraction of sp³-hybridized carbons (Fsp3) is 0.462. The summed E-state index contributed by atoms with van der Waals surface area (Å²) in [6.45, 7) is 8.10. The maximum Gasteiger partial charge on any atom is 0.413 e. The molecule has 0 atom stereocenters. The summed E-state index contributed by atoms with van der Waals surface area (Å²) in [5, 5.41) is 2.53. The van der Waals surface area contributed by atoms with Crippen molar-refractivity contribution in [3.05, 3.63) is 24.4 Å². The molecule has 0 aromatic carbocycles. The summed E-state index contributed by atoms with van der Waals surface area (Å²) in [5.41, 5.74) is -0.487. The molecule has 6 nitrogen and oxygen atoms in total. The van der Waals surface area contributed by atoms with Crippen LogP contribution in [0.2, 0.25) is 0 Å². The van der Waals surface area contributed by atoms with Crippen LogP contribution in [0, 0.1) is 0 Å². The van der Waals surface area contributed by atoms with Crippen LogP contribution in [0.4, 0.5) is 10.6 Å². The Morgan fingerprint density at radius 1 is 1.42 bits per heavy atom. The van der Waals surface area contributed by atoms with E-state index >= 15 is 0 Å². The second-order valence-electron chi connectivity index (χ2n) is 4.39. The highest BCUT2D eigenvalue weighted by atomic mass is 16.6. The van der Waals surface area contributed by atoms with Gasteiger partial charge in [0.05, 0.1) is 6.61 Å². The molecule has 0 bridgehead atoms. The van der Waals surface area contributed by atoms with Gasteiger partial charge in [-0.15, -0.1) is 0 Å². The average molecular weight is 268 g/mol. The highest BCUT2D eigenvalue weighted by molar-refractivity contribution is 5.83. The van der Waals surface area contributed by atoms with Crippen molar-refractivity contribution in [2.45, 2.75) is 33.3 Å². The van der Waals surface area contributed by atoms with Crippen molar-refractivity contribution in [2.24, 2.45) is 0 Å². The first-order chi connectivity index (χ1) is 8.89. The van der Waals surface area contributed by atoms with Gasteiger partial charge in [-0.25, -0.2) is 9.78 Å². The smallest absolute Gasteiger partial charge is 0.413 e. The molecule has 1 rings (SSSR count). The summed E-state index contributed by atoms with van der Waals surface area (Å²) in [5.74, 6) is 0.488. The van der Waals surface area contributed by atoms with E-state index in [1.807, 2.05) is 20.8 Å². The van der Waals surface area contributed by atoms with Crippen molar-refractivity contribution in [1.29, 1.82) is 0 Å². The van der Waals surface area contributed by atoms with Crippen molar-refractivity contribution < 1.29 is 19.1 Å². The van der Waals surface area contributed by atoms with Crippen molar-refractivity contribution in [3.63, 3.8) is 0 Å². The van der Waals surface area contributed by atoms with Gasteiger partial charge >= 0.3 is 6.09 Å². The van der Waals surface area contributed by atoms with Crippen LogP contribution in [0.1, 0.15) is 27.7 Å². The van der Waals surface area contributed by atoms with Gasteiger partial charge < -0.3 is 9.47 Å². The van der Waals surface area contributed by atoms with Gasteiger partial charge in [-0.3, -0.25) is 10.1 Å². The van der Waals surface area contributed by atoms with Crippen LogP contribution >= 0.6 is 0 Å². The van der Waals surface area contributed by atoms with Crippen LogP contribution in [0.5, 0.6) is 0 Å². The molecular formula is C13H20N2O4. The van der Waals surface area contributed by atoms with E-state index < -0.39 is 11.7 Å². The molecule has 0 aliphatic heterocycles. The third-order valence-electron chi connectivity index (χ3n) is 1.53. The largest absolute Gasteiger partial charge is 0.468 e. The van der Waals surface area contributed by atoms with Crippen LogP contribution in [0.15, 0.2) is 24.4 Å². The van der Waals surface area contributed by atoms with E-state index in [1.54, 1.807) is 31.3 Å². The third-order valence-corrected chi connectivity index (χ3v) is 1.53. The van der Waals surface area contributed by atoms with E-state index in [9.17, 15) is 9.59 Å². The lowest BCUT2D eigenvalue weighted by atomic mass is 10.2. The molecule has 106 valence electrons. The van der Waals surface area contributed by atoms with E-state index in [0.29, 0.717) is 18.9 Å². The second-order valence-corrected chi connectivity index (χ2v) is 4.39. The topological polar surface area (TPSA) is 77.5 Å². The van der Waals surface area contributed by atoms with Crippen LogP contribution < -0.4 is 5.32 Å². The molecule has 0 spiro atoms. The molecule has 1 heterocycles. The number of aromatic nitrogens is 1. The number of amides is 1. The number of anilines is 1. The Hall–Kier alpha value is -2.11. The summed E-state index contributed by atoms with van der Waals surface area (Å²) in [6, 6.07) is 5.27. The Morgan fingerprint density at radius 2 is 2.11 bits per heavy atom. The van der Waals surface area contributed by atoms with E-state index in [0.717, 1.165) is 0 Å². The molecule has 6 heteroatoms. The predicted molar refractivity (Wildman–Crippen MR) is 71.8 cm³/mol. The van der Waals surface area contributed by atoms with Gasteiger partial charge in [0.2, 0.25) is 0 Å². The van der Waals surface area contributed by atoms with Crippen molar-refractivity contribution >= 4 is 18.4 Å². The molecule has 19 heavy (non-hydrogen) atoms. The lowest BCUT2D eigenvalue weighted by Gasteiger charge is -2.19. The number of rotatable bonds is 3. The highest BCUT2D eigenvalue weighted by Gasteiger charge is 2.16. The van der Waals surface area contributed by atoms with Gasteiger partial charge in [0.1, 0.15) is 11.4 Å². The fourth-order valence-corrected chi connectivity index (χ4v) is 0.913. The molecular weight excluding hydrogens is 248 g/mol. The minimum atomic E-state index is -0.490. The zero-order chi connectivity index (χ0) is 14.7. The zero-order valence-corrected chi connectivity index (χ0v) is 11.7. The SMILES string of the molecule is CC(C)(C)OC(=O)Nc1ccccn1.CCOC=O. The summed E-state index contributed by atoms with van der Waals surface area (Å²) >= 11 is 0. The maximum absolute atomic E-state index is 11.3. The van der Waals surface area contributed by atoms with Gasteiger partial charge in [0.15, 0.2) is 0 Å². The van der Waals surface area contributed by atoms with Crippen molar-refractivity contribution in [1.82, 2.24) is 4.98 Å². The lowest BCUT2D eigenvalue weighted by Crippen LogP contribution is -2.27. The Morgan fingerprint density at radius 3 is 2.47 bits per heavy atom. The minimum Gasteiger partial charge on any atom is -0.468 e. The Bertz CT molecular complexity index is 374. The van der Waals surface area contributed by atoms with Gasteiger partial charge in [-0.1, -0.05) is 6.07 Å². The molecule has 0 saturated heterocycles. The number of carbonyl (C=O) groups is 2. The van der Waals surface area contributed by atoms with Gasteiger partial charge in [-0.05, 0) is 39.8 Å². The van der Waals surface area contributed by atoms with Crippen LogP contribution in [0.25, 0.3) is 0 Å². The molecule has 0 saturated carbocycles. The monoisotopic (exact) mass is 268 g/mol. The van der Waals surface area contributed by atoms with Crippen LogP contribution in [-0.2, 0) is 14.3 Å². The number of pyridine rings is 1. The van der Waals surface area contributed by atoms with Crippen LogP contribution in [0.3, 0.4) is 0 Å². The molecule has 1 amide bonds. The molecule has 1 N–H and O–H groups in total. The molecule has 0 unspecified atom stereocenters. The van der Waals surface area contributed by atoms with Gasteiger partial charge in [0, 0.05) is 6.20 Å². The highest BCUT2D eigenvalue weighted by Crippen LogP contribution is 2.09. The average Bonchev–Trinajstić information content (AvgIpc) is 2.29. The summed E-state index contributed by atoms with van der Waals surface area (Å²) < 4.78 is 9.20. The second kappa shape index (κ2) is 8.91. The summed E-state index contributed by atoms with van der Waals surface area (Å²) in [7, 11) is 0. The first kappa shape index (κ1) is 16.9. The van der Waals surface area contributed by atoms with Crippen LogP contribution in [-0.4, -0.2) is 29.8 Å². The molecule has 0 aliphatic rings. The lowest BCUT2D eigenvalue weighted by molar-refractivity contribution is -0.128. The number of nitrogens with zero attached hydrogens (tertiary/aromatic N) is 1. The third kappa shape index (κ3) is 10.7. The first-order valence-corrected chi connectivity index (χ1v) is 5.85. The minimum absolute atomic E-state index is 0.431. The summed E-state index contributed by atoms with van der Waals surface area (Å²) in [4.78, 5) is 24.4. The van der Waals surface area contributed by atoms with E-state index in [4.69, 9.17) is 4.74 Å². The Labute approximate surface area is 113 Å². The number of hydrogen-bond acceptors (Lipinski definition) is 5. The molecule has 1 aromatic heterocycles. The molecule has 1 aromatic rings.